The van der Waals surface area contributed by atoms with E-state index < -0.39 is 18.2 Å². The maximum Gasteiger partial charge on any atom is 0.302 e. The number of ether oxygens (including phenoxy) is 8. The lowest BCUT2D eigenvalue weighted by molar-refractivity contribution is -0.143. The molecule has 0 unspecified atom stereocenters. The highest BCUT2D eigenvalue weighted by molar-refractivity contribution is 5.66. The normalized spacial score (nSPS) is 24.2. The number of benzene rings is 2. The van der Waals surface area contributed by atoms with Crippen LogP contribution in [0.2, 0.25) is 0 Å². The average molecular weight is 474 g/mol. The molecule has 5 rings (SSSR count). The molecule has 10 nitrogen and oxygen atoms in total. The standard InChI is InChI=1S/C24H26O10/c1-12(26)29-9-16-15(8-25)21(13-4-17(27-2)23-19(6-13)30-10-32-23)34-22(16)14-5-18(28-3)24-20(7-14)31-11-33-24/h4-7,15-16,21-22,25H,8-11H2,1-3H3/t15-,16-,21+,22-/m1/s1. The van der Waals surface area contributed by atoms with Crippen LogP contribution in [0.1, 0.15) is 30.3 Å². The summed E-state index contributed by atoms with van der Waals surface area (Å²) in [5.74, 6) is 2.01. The summed E-state index contributed by atoms with van der Waals surface area (Å²) in [4.78, 5) is 11.6. The van der Waals surface area contributed by atoms with E-state index in [0.717, 1.165) is 11.1 Å². The van der Waals surface area contributed by atoms with Crippen LogP contribution >= 0.6 is 0 Å². The second kappa shape index (κ2) is 9.11. The molecule has 34 heavy (non-hydrogen) atoms. The molecule has 10 heteroatoms. The highest BCUT2D eigenvalue weighted by atomic mass is 16.7. The minimum absolute atomic E-state index is 0.0696. The Morgan fingerprint density at radius 1 is 0.882 bits per heavy atom. The number of esters is 1. The van der Waals surface area contributed by atoms with Crippen LogP contribution in [-0.4, -0.2) is 52.1 Å². The number of aliphatic hydroxyl groups is 1. The second-order valence-electron chi connectivity index (χ2n) is 8.20. The van der Waals surface area contributed by atoms with Gasteiger partial charge in [0.15, 0.2) is 23.0 Å². The molecule has 3 heterocycles. The lowest BCUT2D eigenvalue weighted by atomic mass is 9.83. The Balaban J connectivity index is 1.55. The van der Waals surface area contributed by atoms with Gasteiger partial charge in [-0.3, -0.25) is 4.79 Å². The molecule has 1 N–H and O–H groups in total. The van der Waals surface area contributed by atoms with Gasteiger partial charge in [-0.25, -0.2) is 0 Å². The maximum absolute atomic E-state index is 11.6. The van der Waals surface area contributed by atoms with E-state index in [1.54, 1.807) is 14.2 Å². The first-order chi connectivity index (χ1) is 16.5. The minimum Gasteiger partial charge on any atom is -0.493 e. The summed E-state index contributed by atoms with van der Waals surface area (Å²) >= 11 is 0. The third kappa shape index (κ3) is 3.82. The van der Waals surface area contributed by atoms with E-state index in [4.69, 9.17) is 37.9 Å². The lowest BCUT2D eigenvalue weighted by Gasteiger charge is -2.23. The topological polar surface area (TPSA) is 111 Å². The van der Waals surface area contributed by atoms with Gasteiger partial charge in [0.2, 0.25) is 25.1 Å². The number of hydrogen-bond acceptors (Lipinski definition) is 10. The van der Waals surface area contributed by atoms with Crippen LogP contribution in [0.5, 0.6) is 34.5 Å². The summed E-state index contributed by atoms with van der Waals surface area (Å²) in [5.41, 5.74) is 1.51. The van der Waals surface area contributed by atoms with Crippen LogP contribution < -0.4 is 28.4 Å². The van der Waals surface area contributed by atoms with Crippen molar-refractivity contribution in [3.63, 3.8) is 0 Å². The smallest absolute Gasteiger partial charge is 0.302 e. The molecule has 0 saturated carbocycles. The summed E-state index contributed by atoms with van der Waals surface area (Å²) < 4.78 is 45.1. The van der Waals surface area contributed by atoms with Crippen LogP contribution in [0.25, 0.3) is 0 Å². The Kier molecular flexibility index (Phi) is 6.01. The Bertz CT molecular complexity index is 1080. The average Bonchev–Trinajstić information content (AvgIpc) is 3.58. The zero-order valence-electron chi connectivity index (χ0n) is 19.1. The van der Waals surface area contributed by atoms with Gasteiger partial charge in [0, 0.05) is 25.4 Å². The maximum atomic E-state index is 11.6. The van der Waals surface area contributed by atoms with Crippen molar-refractivity contribution < 1.29 is 47.8 Å². The number of carbonyl (C=O) groups excluding carboxylic acids is 1. The van der Waals surface area contributed by atoms with Crippen molar-refractivity contribution in [3.05, 3.63) is 35.4 Å². The third-order valence-electron chi connectivity index (χ3n) is 6.33. The van der Waals surface area contributed by atoms with Crippen molar-refractivity contribution in [2.24, 2.45) is 11.8 Å². The molecular formula is C24H26O10. The van der Waals surface area contributed by atoms with Crippen molar-refractivity contribution in [1.82, 2.24) is 0 Å². The quantitative estimate of drug-likeness (QED) is 0.601. The van der Waals surface area contributed by atoms with Crippen molar-refractivity contribution in [3.8, 4) is 34.5 Å². The van der Waals surface area contributed by atoms with Crippen molar-refractivity contribution in [2.75, 3.05) is 41.0 Å². The van der Waals surface area contributed by atoms with Crippen molar-refractivity contribution >= 4 is 5.97 Å². The van der Waals surface area contributed by atoms with Crippen LogP contribution in [0.4, 0.5) is 0 Å². The van der Waals surface area contributed by atoms with E-state index in [0.29, 0.717) is 34.5 Å². The van der Waals surface area contributed by atoms with Gasteiger partial charge in [-0.2, -0.15) is 0 Å². The third-order valence-corrected chi connectivity index (χ3v) is 6.33. The van der Waals surface area contributed by atoms with E-state index >= 15 is 0 Å². The highest BCUT2D eigenvalue weighted by Gasteiger charge is 2.47. The van der Waals surface area contributed by atoms with E-state index in [-0.39, 0.29) is 38.6 Å². The molecule has 0 aromatic heterocycles. The highest BCUT2D eigenvalue weighted by Crippen LogP contribution is 2.54. The number of aliphatic hydroxyl groups excluding tert-OH is 1. The first kappa shape index (κ1) is 22.4. The van der Waals surface area contributed by atoms with Crippen LogP contribution in [-0.2, 0) is 14.3 Å². The Labute approximate surface area is 196 Å². The summed E-state index contributed by atoms with van der Waals surface area (Å²) in [7, 11) is 3.09. The van der Waals surface area contributed by atoms with E-state index in [1.807, 2.05) is 24.3 Å². The summed E-state index contributed by atoms with van der Waals surface area (Å²) in [6, 6.07) is 7.28. The van der Waals surface area contributed by atoms with Gasteiger partial charge in [0.25, 0.3) is 0 Å². The first-order valence-electron chi connectivity index (χ1n) is 10.9. The molecule has 0 amide bonds. The fourth-order valence-corrected chi connectivity index (χ4v) is 4.74. The molecule has 3 aliphatic heterocycles. The zero-order chi connectivity index (χ0) is 23.8. The molecule has 1 fully saturated rings. The number of rotatable bonds is 7. The molecule has 4 atom stereocenters. The van der Waals surface area contributed by atoms with E-state index in [1.165, 1.54) is 6.92 Å². The van der Waals surface area contributed by atoms with Crippen molar-refractivity contribution in [1.29, 1.82) is 0 Å². The van der Waals surface area contributed by atoms with E-state index in [2.05, 4.69) is 0 Å². The summed E-state index contributed by atoms with van der Waals surface area (Å²) in [6.07, 6.45) is -1.06. The van der Waals surface area contributed by atoms with Gasteiger partial charge < -0.3 is 43.0 Å². The molecule has 0 bridgehead atoms. The molecule has 182 valence electrons. The molecule has 0 spiro atoms. The van der Waals surface area contributed by atoms with Crippen LogP contribution in [0.3, 0.4) is 0 Å². The number of hydrogen-bond donors (Lipinski definition) is 1. The second-order valence-corrected chi connectivity index (χ2v) is 8.20. The molecule has 3 aliphatic rings. The minimum atomic E-state index is -0.532. The van der Waals surface area contributed by atoms with Crippen LogP contribution in [0, 0.1) is 11.8 Å². The Hall–Kier alpha value is -3.37. The predicted molar refractivity (Wildman–Crippen MR) is 115 cm³/mol. The van der Waals surface area contributed by atoms with Gasteiger partial charge in [0.05, 0.1) is 33.0 Å². The Morgan fingerprint density at radius 2 is 1.41 bits per heavy atom. The predicted octanol–water partition coefficient (Wildman–Crippen LogP) is 2.76. The fraction of sp³-hybridized carbons (Fsp3) is 0.458. The number of fused-ring (bicyclic) bond motifs is 2. The fourth-order valence-electron chi connectivity index (χ4n) is 4.74. The number of methoxy groups -OCH3 is 2. The monoisotopic (exact) mass is 474 g/mol. The molecule has 2 aromatic rings. The largest absolute Gasteiger partial charge is 0.493 e. The summed E-state index contributed by atoms with van der Waals surface area (Å²) in [5, 5.41) is 10.4. The molecule has 1 saturated heterocycles. The van der Waals surface area contributed by atoms with Gasteiger partial charge in [-0.1, -0.05) is 0 Å². The van der Waals surface area contributed by atoms with Gasteiger partial charge >= 0.3 is 5.97 Å². The molecule has 0 radical (unpaired) electrons. The first-order valence-corrected chi connectivity index (χ1v) is 10.9. The molecule has 0 aliphatic carbocycles. The number of carbonyl (C=O) groups is 1. The van der Waals surface area contributed by atoms with Gasteiger partial charge in [-0.15, -0.1) is 0 Å². The van der Waals surface area contributed by atoms with Crippen molar-refractivity contribution in [2.45, 2.75) is 19.1 Å². The summed E-state index contributed by atoms with van der Waals surface area (Å²) in [6.45, 7) is 1.42. The van der Waals surface area contributed by atoms with Crippen LogP contribution in [0.15, 0.2) is 24.3 Å². The molecular weight excluding hydrogens is 448 g/mol. The SMILES string of the molecule is COc1cc([C@H]2O[C@@H](c3cc(OC)c4c(c3)OCO4)[C@H](CO)[C@H]2COC(C)=O)cc2c1OCO2. The van der Waals surface area contributed by atoms with Gasteiger partial charge in [-0.05, 0) is 35.4 Å². The van der Waals surface area contributed by atoms with E-state index in [9.17, 15) is 9.90 Å². The van der Waals surface area contributed by atoms with Gasteiger partial charge in [0.1, 0.15) is 0 Å². The lowest BCUT2D eigenvalue weighted by Crippen LogP contribution is -2.25. The molecule has 2 aromatic carbocycles. The Morgan fingerprint density at radius 3 is 1.88 bits per heavy atom. The zero-order valence-corrected chi connectivity index (χ0v) is 19.1.